The predicted molar refractivity (Wildman–Crippen MR) is 66.2 cm³/mol. The van der Waals surface area contributed by atoms with Crippen molar-refractivity contribution < 1.29 is 23.1 Å². The highest BCUT2D eigenvalue weighted by Crippen LogP contribution is 2.28. The predicted octanol–water partition coefficient (Wildman–Crippen LogP) is 3.19. The van der Waals surface area contributed by atoms with Crippen LogP contribution in [0, 0.1) is 5.82 Å². The molecule has 100 valence electrons. The van der Waals surface area contributed by atoms with Crippen LogP contribution in [0.5, 0.6) is 0 Å². The van der Waals surface area contributed by atoms with Crippen molar-refractivity contribution in [2.75, 3.05) is 14.2 Å². The van der Waals surface area contributed by atoms with Crippen LogP contribution in [0.2, 0.25) is 0 Å². The van der Waals surface area contributed by atoms with Crippen molar-refractivity contribution in [3.8, 4) is 11.3 Å². The summed E-state index contributed by atoms with van der Waals surface area (Å²) in [6.07, 6.45) is -0.0156. The van der Waals surface area contributed by atoms with E-state index in [4.69, 9.17) is 13.9 Å². The Kier molecular flexibility index (Phi) is 4.09. The Bertz CT molecular complexity index is 573. The van der Waals surface area contributed by atoms with E-state index in [2.05, 4.69) is 0 Å². The molecule has 0 N–H and O–H groups in total. The van der Waals surface area contributed by atoms with Gasteiger partial charge in [-0.3, -0.25) is 4.79 Å². The van der Waals surface area contributed by atoms with Crippen LogP contribution in [0.15, 0.2) is 34.7 Å². The second-order valence-corrected chi connectivity index (χ2v) is 3.86. The van der Waals surface area contributed by atoms with Crippen molar-refractivity contribution in [3.63, 3.8) is 0 Å². The number of ether oxygens (including phenoxy) is 2. The Morgan fingerprint density at radius 2 is 1.95 bits per heavy atom. The molecular formula is C14H13FO4. The summed E-state index contributed by atoms with van der Waals surface area (Å²) >= 11 is 0. The quantitative estimate of drug-likeness (QED) is 0.614. The molecule has 0 fully saturated rings. The molecule has 0 amide bonds. The zero-order valence-electron chi connectivity index (χ0n) is 10.6. The van der Waals surface area contributed by atoms with Crippen LogP contribution < -0.4 is 0 Å². The number of carbonyl (C=O) groups is 1. The van der Waals surface area contributed by atoms with Crippen LogP contribution in [0.1, 0.15) is 22.4 Å². The fourth-order valence-electron chi connectivity index (χ4n) is 1.81. The van der Waals surface area contributed by atoms with Gasteiger partial charge in [-0.15, -0.1) is 0 Å². The summed E-state index contributed by atoms with van der Waals surface area (Å²) in [7, 11) is 2.99. The maximum Gasteiger partial charge on any atom is 0.185 e. The molecule has 0 aliphatic heterocycles. The van der Waals surface area contributed by atoms with Crippen LogP contribution >= 0.6 is 0 Å². The molecule has 0 bridgehead atoms. The van der Waals surface area contributed by atoms with Gasteiger partial charge in [0.25, 0.3) is 0 Å². The summed E-state index contributed by atoms with van der Waals surface area (Å²) in [6.45, 7) is 0. The van der Waals surface area contributed by atoms with E-state index in [1.165, 1.54) is 26.4 Å². The number of methoxy groups -OCH3 is 2. The minimum Gasteiger partial charge on any atom is -0.453 e. The molecule has 5 heteroatoms. The highest BCUT2D eigenvalue weighted by Gasteiger charge is 2.15. The Balaban J connectivity index is 2.44. The smallest absolute Gasteiger partial charge is 0.185 e. The van der Waals surface area contributed by atoms with Gasteiger partial charge >= 0.3 is 0 Å². The van der Waals surface area contributed by atoms with E-state index in [9.17, 15) is 9.18 Å². The second-order valence-electron chi connectivity index (χ2n) is 3.86. The molecule has 0 atom stereocenters. The number of hydrogen-bond donors (Lipinski definition) is 0. The highest BCUT2D eigenvalue weighted by atomic mass is 19.1. The summed E-state index contributed by atoms with van der Waals surface area (Å²) in [5, 5.41) is 0. The molecule has 0 saturated heterocycles. The van der Waals surface area contributed by atoms with Crippen molar-refractivity contribution in [1.29, 1.82) is 0 Å². The Morgan fingerprint density at radius 1 is 1.21 bits per heavy atom. The molecule has 1 aromatic heterocycles. The standard InChI is InChI=1S/C14H13FO4/c1-17-14(18-2)9-3-5-12(15)11(7-9)13-6-4-10(8-16)19-13/h3-8,14H,1-2H3. The van der Waals surface area contributed by atoms with Crippen molar-refractivity contribution >= 4 is 6.29 Å². The fraction of sp³-hybridized carbons (Fsp3) is 0.214. The van der Waals surface area contributed by atoms with Gasteiger partial charge in [0.2, 0.25) is 0 Å². The van der Waals surface area contributed by atoms with Gasteiger partial charge in [0.15, 0.2) is 18.3 Å². The number of benzene rings is 1. The molecule has 2 rings (SSSR count). The van der Waals surface area contributed by atoms with Crippen molar-refractivity contribution in [2.45, 2.75) is 6.29 Å². The van der Waals surface area contributed by atoms with E-state index in [1.807, 2.05) is 0 Å². The third-order valence-electron chi connectivity index (χ3n) is 2.70. The van der Waals surface area contributed by atoms with Crippen molar-refractivity contribution in [2.24, 2.45) is 0 Å². The lowest BCUT2D eigenvalue weighted by Crippen LogP contribution is -2.04. The van der Waals surface area contributed by atoms with Gasteiger partial charge in [-0.05, 0) is 24.3 Å². The maximum absolute atomic E-state index is 13.8. The molecule has 2 aromatic rings. The van der Waals surface area contributed by atoms with Crippen molar-refractivity contribution in [3.05, 3.63) is 47.5 Å². The third kappa shape index (κ3) is 2.72. The number of carbonyl (C=O) groups excluding carboxylic acids is 1. The van der Waals surface area contributed by atoms with Gasteiger partial charge in [0.1, 0.15) is 11.6 Å². The molecule has 1 aromatic carbocycles. The SMILES string of the molecule is COC(OC)c1ccc(F)c(-c2ccc(C=O)o2)c1. The van der Waals surface area contributed by atoms with E-state index < -0.39 is 12.1 Å². The molecule has 0 saturated carbocycles. The fourth-order valence-corrected chi connectivity index (χ4v) is 1.81. The lowest BCUT2D eigenvalue weighted by molar-refractivity contribution is -0.106. The van der Waals surface area contributed by atoms with Gasteiger partial charge in [-0.2, -0.15) is 0 Å². The average Bonchev–Trinajstić information content (AvgIpc) is 2.90. The molecule has 0 spiro atoms. The minimum absolute atomic E-state index is 0.148. The van der Waals surface area contributed by atoms with E-state index in [0.29, 0.717) is 11.8 Å². The maximum atomic E-state index is 13.8. The van der Waals surface area contributed by atoms with Crippen molar-refractivity contribution in [1.82, 2.24) is 0 Å². The largest absolute Gasteiger partial charge is 0.453 e. The topological polar surface area (TPSA) is 48.7 Å². The molecule has 1 heterocycles. The van der Waals surface area contributed by atoms with Gasteiger partial charge in [-0.1, -0.05) is 6.07 Å². The minimum atomic E-state index is -0.583. The molecule has 0 unspecified atom stereocenters. The van der Waals surface area contributed by atoms with Gasteiger partial charge in [-0.25, -0.2) is 4.39 Å². The zero-order chi connectivity index (χ0) is 13.8. The van der Waals surface area contributed by atoms with Crippen LogP contribution in [-0.2, 0) is 9.47 Å². The first kappa shape index (κ1) is 13.5. The Labute approximate surface area is 109 Å². The van der Waals surface area contributed by atoms with Crippen LogP contribution in [0.25, 0.3) is 11.3 Å². The molecular weight excluding hydrogens is 251 g/mol. The number of rotatable bonds is 5. The lowest BCUT2D eigenvalue weighted by atomic mass is 10.1. The number of hydrogen-bond acceptors (Lipinski definition) is 4. The number of aldehydes is 1. The van der Waals surface area contributed by atoms with Crippen LogP contribution in [-0.4, -0.2) is 20.5 Å². The van der Waals surface area contributed by atoms with Gasteiger partial charge < -0.3 is 13.9 Å². The van der Waals surface area contributed by atoms with Gasteiger partial charge in [0, 0.05) is 19.8 Å². The molecule has 0 aliphatic rings. The van der Waals surface area contributed by atoms with E-state index in [-0.39, 0.29) is 17.1 Å². The second kappa shape index (κ2) is 5.77. The van der Waals surface area contributed by atoms with Crippen LogP contribution in [0.4, 0.5) is 4.39 Å². The highest BCUT2D eigenvalue weighted by molar-refractivity contribution is 5.73. The zero-order valence-corrected chi connectivity index (χ0v) is 10.6. The number of halogens is 1. The monoisotopic (exact) mass is 264 g/mol. The van der Waals surface area contributed by atoms with Gasteiger partial charge in [0.05, 0.1) is 5.56 Å². The normalized spacial score (nSPS) is 10.9. The molecule has 19 heavy (non-hydrogen) atoms. The molecule has 0 radical (unpaired) electrons. The summed E-state index contributed by atoms with van der Waals surface area (Å²) in [5.41, 5.74) is 0.912. The Morgan fingerprint density at radius 3 is 2.53 bits per heavy atom. The molecule has 4 nitrogen and oxygen atoms in total. The average molecular weight is 264 g/mol. The first-order valence-corrected chi connectivity index (χ1v) is 5.60. The summed E-state index contributed by atoms with van der Waals surface area (Å²) in [5.74, 6) is -0.0104. The third-order valence-corrected chi connectivity index (χ3v) is 2.70. The molecule has 0 aliphatic carbocycles. The number of furan rings is 1. The summed E-state index contributed by atoms with van der Waals surface area (Å²) < 4.78 is 29.2. The van der Waals surface area contributed by atoms with Crippen LogP contribution in [0.3, 0.4) is 0 Å². The van der Waals surface area contributed by atoms with E-state index in [1.54, 1.807) is 18.2 Å². The first-order valence-electron chi connectivity index (χ1n) is 5.60. The summed E-state index contributed by atoms with van der Waals surface area (Å²) in [4.78, 5) is 10.6. The Hall–Kier alpha value is -1.98. The van der Waals surface area contributed by atoms with E-state index >= 15 is 0 Å². The first-order chi connectivity index (χ1) is 9.19. The summed E-state index contributed by atoms with van der Waals surface area (Å²) in [6, 6.07) is 7.47. The lowest BCUT2D eigenvalue weighted by Gasteiger charge is -2.14. The van der Waals surface area contributed by atoms with E-state index in [0.717, 1.165) is 0 Å².